The van der Waals surface area contributed by atoms with Crippen LogP contribution in [0.4, 0.5) is 16.0 Å². The number of aromatic carboxylic acids is 1. The highest BCUT2D eigenvalue weighted by Crippen LogP contribution is 2.27. The van der Waals surface area contributed by atoms with E-state index in [1.807, 2.05) is 6.92 Å². The Morgan fingerprint density at radius 2 is 1.94 bits per heavy atom. The number of rotatable bonds is 4. The molecule has 94 valence electrons. The first-order valence-electron chi connectivity index (χ1n) is 5.48. The van der Waals surface area contributed by atoms with Gasteiger partial charge in [0.15, 0.2) is 0 Å². The number of furan rings is 1. The summed E-state index contributed by atoms with van der Waals surface area (Å²) in [5.41, 5.74) is 0.741. The largest absolute Gasteiger partial charge is 0.475 e. The van der Waals surface area contributed by atoms with Crippen molar-refractivity contribution in [1.82, 2.24) is 0 Å². The molecule has 1 aromatic heterocycles. The Balaban J connectivity index is 2.32. The van der Waals surface area contributed by atoms with Crippen LogP contribution in [0.25, 0.3) is 0 Å². The number of hydrogen-bond acceptors (Lipinski definition) is 3. The van der Waals surface area contributed by atoms with Crippen LogP contribution in [0.5, 0.6) is 0 Å². The molecular formula is C13H12FNO3. The molecule has 1 N–H and O–H groups in total. The van der Waals surface area contributed by atoms with E-state index in [0.29, 0.717) is 12.4 Å². The topological polar surface area (TPSA) is 53.7 Å². The quantitative estimate of drug-likeness (QED) is 0.903. The van der Waals surface area contributed by atoms with Crippen molar-refractivity contribution in [3.63, 3.8) is 0 Å². The molecule has 1 aromatic carbocycles. The predicted molar refractivity (Wildman–Crippen MR) is 64.7 cm³/mol. The Hall–Kier alpha value is -2.30. The molecule has 5 heteroatoms. The van der Waals surface area contributed by atoms with Crippen molar-refractivity contribution in [3.8, 4) is 0 Å². The SMILES string of the molecule is CCN(c1ccc(F)cc1)c1ccc(C(=O)O)o1. The van der Waals surface area contributed by atoms with E-state index in [2.05, 4.69) is 0 Å². The highest BCUT2D eigenvalue weighted by Gasteiger charge is 2.14. The van der Waals surface area contributed by atoms with E-state index in [9.17, 15) is 9.18 Å². The average molecular weight is 249 g/mol. The van der Waals surface area contributed by atoms with Crippen LogP contribution in [0.2, 0.25) is 0 Å². The van der Waals surface area contributed by atoms with Gasteiger partial charge in [-0.2, -0.15) is 0 Å². The Morgan fingerprint density at radius 1 is 1.28 bits per heavy atom. The molecule has 0 amide bonds. The fourth-order valence-electron chi connectivity index (χ4n) is 1.67. The van der Waals surface area contributed by atoms with Gasteiger partial charge in [0.25, 0.3) is 0 Å². The maximum absolute atomic E-state index is 12.8. The van der Waals surface area contributed by atoms with E-state index >= 15 is 0 Å². The first-order valence-corrected chi connectivity index (χ1v) is 5.48. The van der Waals surface area contributed by atoms with Crippen molar-refractivity contribution in [1.29, 1.82) is 0 Å². The first-order chi connectivity index (χ1) is 8.61. The molecule has 18 heavy (non-hydrogen) atoms. The summed E-state index contributed by atoms with van der Waals surface area (Å²) < 4.78 is 18.1. The van der Waals surface area contributed by atoms with E-state index in [4.69, 9.17) is 9.52 Å². The summed E-state index contributed by atoms with van der Waals surface area (Å²) in [5, 5.41) is 8.80. The smallest absolute Gasteiger partial charge is 0.371 e. The van der Waals surface area contributed by atoms with Crippen LogP contribution in [0.15, 0.2) is 40.8 Å². The van der Waals surface area contributed by atoms with Gasteiger partial charge < -0.3 is 14.4 Å². The zero-order chi connectivity index (χ0) is 13.1. The van der Waals surface area contributed by atoms with Gasteiger partial charge in [-0.1, -0.05) is 0 Å². The van der Waals surface area contributed by atoms with Gasteiger partial charge in [0.05, 0.1) is 0 Å². The van der Waals surface area contributed by atoms with Gasteiger partial charge in [0, 0.05) is 18.3 Å². The van der Waals surface area contributed by atoms with Crippen molar-refractivity contribution in [3.05, 3.63) is 48.0 Å². The molecule has 0 aliphatic carbocycles. The van der Waals surface area contributed by atoms with Gasteiger partial charge in [0.1, 0.15) is 5.82 Å². The highest BCUT2D eigenvalue weighted by molar-refractivity contribution is 5.85. The fraction of sp³-hybridized carbons (Fsp3) is 0.154. The lowest BCUT2D eigenvalue weighted by atomic mass is 10.3. The Bertz CT molecular complexity index is 548. The number of benzene rings is 1. The standard InChI is InChI=1S/C13H12FNO3/c1-2-15(10-5-3-9(14)4-6-10)12-8-7-11(18-12)13(16)17/h3-8H,2H2,1H3,(H,16,17). The molecule has 0 spiro atoms. The summed E-state index contributed by atoms with van der Waals surface area (Å²) in [5.74, 6) is -1.14. The molecule has 2 rings (SSSR count). The van der Waals surface area contributed by atoms with Crippen LogP contribution in [0.1, 0.15) is 17.5 Å². The van der Waals surface area contributed by atoms with Gasteiger partial charge in [0.2, 0.25) is 11.6 Å². The molecule has 0 aliphatic rings. The van der Waals surface area contributed by atoms with Crippen LogP contribution < -0.4 is 4.90 Å². The number of carboxylic acids is 1. The Morgan fingerprint density at radius 3 is 2.44 bits per heavy atom. The number of halogens is 1. The third-order valence-electron chi connectivity index (χ3n) is 2.52. The number of carbonyl (C=O) groups is 1. The third-order valence-corrected chi connectivity index (χ3v) is 2.52. The molecular weight excluding hydrogens is 237 g/mol. The number of anilines is 2. The maximum Gasteiger partial charge on any atom is 0.371 e. The minimum Gasteiger partial charge on any atom is -0.475 e. The first kappa shape index (κ1) is 12.2. The van der Waals surface area contributed by atoms with Crippen molar-refractivity contribution >= 4 is 17.5 Å². The van der Waals surface area contributed by atoms with E-state index in [-0.39, 0.29) is 11.6 Å². The summed E-state index contributed by atoms with van der Waals surface area (Å²) in [6.45, 7) is 2.48. The van der Waals surface area contributed by atoms with Crippen LogP contribution in [0.3, 0.4) is 0 Å². The Kier molecular flexibility index (Phi) is 3.32. The lowest BCUT2D eigenvalue weighted by Crippen LogP contribution is -2.15. The van der Waals surface area contributed by atoms with Gasteiger partial charge >= 0.3 is 5.97 Å². The van der Waals surface area contributed by atoms with Gasteiger partial charge in [-0.15, -0.1) is 0 Å². The molecule has 0 bridgehead atoms. The molecule has 0 unspecified atom stereocenters. The van der Waals surface area contributed by atoms with E-state index in [0.717, 1.165) is 5.69 Å². The van der Waals surface area contributed by atoms with Gasteiger partial charge in [-0.05, 0) is 37.3 Å². The second kappa shape index (κ2) is 4.91. The van der Waals surface area contributed by atoms with Crippen LogP contribution in [-0.2, 0) is 0 Å². The lowest BCUT2D eigenvalue weighted by Gasteiger charge is -2.19. The third kappa shape index (κ3) is 2.34. The highest BCUT2D eigenvalue weighted by atomic mass is 19.1. The Labute approximate surface area is 103 Å². The zero-order valence-corrected chi connectivity index (χ0v) is 9.76. The molecule has 4 nitrogen and oxygen atoms in total. The molecule has 1 heterocycles. The summed E-state index contributed by atoms with van der Waals surface area (Å²) in [7, 11) is 0. The summed E-state index contributed by atoms with van der Waals surface area (Å²) in [6.07, 6.45) is 0. The molecule has 2 aromatic rings. The molecule has 0 saturated carbocycles. The number of carboxylic acid groups (broad SMARTS) is 1. The molecule has 0 aliphatic heterocycles. The molecule has 0 radical (unpaired) electrons. The average Bonchev–Trinajstić information content (AvgIpc) is 2.82. The van der Waals surface area contributed by atoms with E-state index in [1.165, 1.54) is 18.2 Å². The normalized spacial score (nSPS) is 10.3. The van der Waals surface area contributed by atoms with Crippen molar-refractivity contribution in [2.45, 2.75) is 6.92 Å². The molecule has 0 saturated heterocycles. The van der Waals surface area contributed by atoms with E-state index < -0.39 is 5.97 Å². The number of hydrogen-bond donors (Lipinski definition) is 1. The molecule has 0 fully saturated rings. The van der Waals surface area contributed by atoms with Gasteiger partial charge in [-0.3, -0.25) is 0 Å². The second-order valence-electron chi connectivity index (χ2n) is 3.66. The van der Waals surface area contributed by atoms with Crippen molar-refractivity contribution in [2.24, 2.45) is 0 Å². The monoisotopic (exact) mass is 249 g/mol. The van der Waals surface area contributed by atoms with Crippen LogP contribution in [-0.4, -0.2) is 17.6 Å². The zero-order valence-electron chi connectivity index (χ0n) is 9.76. The number of nitrogens with zero attached hydrogens (tertiary/aromatic N) is 1. The van der Waals surface area contributed by atoms with Crippen molar-refractivity contribution < 1.29 is 18.7 Å². The van der Waals surface area contributed by atoms with Crippen molar-refractivity contribution in [2.75, 3.05) is 11.4 Å². The maximum atomic E-state index is 12.8. The minimum absolute atomic E-state index is 0.120. The molecule has 0 atom stereocenters. The van der Waals surface area contributed by atoms with Crippen LogP contribution >= 0.6 is 0 Å². The lowest BCUT2D eigenvalue weighted by molar-refractivity contribution is 0.0663. The van der Waals surface area contributed by atoms with Crippen LogP contribution in [0, 0.1) is 5.82 Å². The summed E-state index contributed by atoms with van der Waals surface area (Å²) in [4.78, 5) is 12.5. The summed E-state index contributed by atoms with van der Waals surface area (Å²) >= 11 is 0. The predicted octanol–water partition coefficient (Wildman–Crippen LogP) is 3.27. The van der Waals surface area contributed by atoms with Gasteiger partial charge in [-0.25, -0.2) is 9.18 Å². The summed E-state index contributed by atoms with van der Waals surface area (Å²) in [6, 6.07) is 8.89. The second-order valence-corrected chi connectivity index (χ2v) is 3.66. The van der Waals surface area contributed by atoms with E-state index in [1.54, 1.807) is 23.1 Å². The minimum atomic E-state index is -1.11. The fourth-order valence-corrected chi connectivity index (χ4v) is 1.67.